The molecule has 0 unspecified atom stereocenters. The number of likely N-dealkylation sites (tertiary alicyclic amines) is 1. The highest BCUT2D eigenvalue weighted by atomic mass is 32.1. The normalized spacial score (nSPS) is 16.4. The molecule has 0 spiro atoms. The molecule has 2 aromatic rings. The van der Waals surface area contributed by atoms with Crippen LogP contribution in [0.5, 0.6) is 0 Å². The first-order chi connectivity index (χ1) is 11.7. The van der Waals surface area contributed by atoms with E-state index in [-0.39, 0.29) is 10.6 Å². The number of thiophene rings is 1. The van der Waals surface area contributed by atoms with E-state index in [0.717, 1.165) is 31.1 Å². The second-order valence-electron chi connectivity index (χ2n) is 6.15. The number of nitrogens with one attached hydrogen (secondary N) is 1. The van der Waals surface area contributed by atoms with Crippen LogP contribution in [0, 0.1) is 10.1 Å². The molecule has 0 radical (unpaired) electrons. The Morgan fingerprint density at radius 2 is 2.00 bits per heavy atom. The van der Waals surface area contributed by atoms with Gasteiger partial charge >= 0.3 is 0 Å². The van der Waals surface area contributed by atoms with Gasteiger partial charge in [0.05, 0.1) is 10.5 Å². The third-order valence-electron chi connectivity index (χ3n) is 4.49. The van der Waals surface area contributed by atoms with Crippen LogP contribution >= 0.6 is 11.3 Å². The highest BCUT2D eigenvalue weighted by Gasteiger charge is 2.20. The summed E-state index contributed by atoms with van der Waals surface area (Å²) >= 11 is 1.66. The second kappa shape index (κ2) is 7.88. The van der Waals surface area contributed by atoms with Gasteiger partial charge in [0.1, 0.15) is 0 Å². The number of nitrogens with zero attached hydrogens (tertiary/aromatic N) is 2. The minimum Gasteiger partial charge on any atom is -0.314 e. The van der Waals surface area contributed by atoms with Crippen LogP contribution in [-0.2, 0) is 6.54 Å². The summed E-state index contributed by atoms with van der Waals surface area (Å²) in [6, 6.07) is 11.7. The van der Waals surface area contributed by atoms with Crippen molar-refractivity contribution in [3.8, 4) is 10.4 Å². The van der Waals surface area contributed by atoms with Crippen molar-refractivity contribution in [2.24, 2.45) is 0 Å². The summed E-state index contributed by atoms with van der Waals surface area (Å²) in [5.74, 6) is 0. The smallest absolute Gasteiger partial charge is 0.278 e. The van der Waals surface area contributed by atoms with E-state index >= 15 is 0 Å². The van der Waals surface area contributed by atoms with E-state index in [9.17, 15) is 10.1 Å². The summed E-state index contributed by atoms with van der Waals surface area (Å²) in [5.41, 5.74) is 0.891. The quantitative estimate of drug-likeness (QED) is 0.637. The van der Waals surface area contributed by atoms with Gasteiger partial charge in [0.15, 0.2) is 0 Å². The fourth-order valence-electron chi connectivity index (χ4n) is 3.25. The molecule has 1 aliphatic rings. The summed E-state index contributed by atoms with van der Waals surface area (Å²) in [5, 5.41) is 14.7. The molecular formula is C18H23N3O2S. The molecule has 128 valence electrons. The lowest BCUT2D eigenvalue weighted by Crippen LogP contribution is -2.41. The van der Waals surface area contributed by atoms with Crippen molar-refractivity contribution < 1.29 is 4.92 Å². The second-order valence-corrected chi connectivity index (χ2v) is 7.32. The van der Waals surface area contributed by atoms with Crippen LogP contribution in [0.15, 0.2) is 36.4 Å². The standard InChI is InChI=1S/C18H23N3O2S/c1-2-19-14-9-11-20(12-10-14)13-15-7-8-18(24-15)16-5-3-4-6-17(16)21(22)23/h3-8,14,19H,2,9-13H2,1H3. The van der Waals surface area contributed by atoms with Crippen LogP contribution in [0.2, 0.25) is 0 Å². The van der Waals surface area contributed by atoms with Crippen molar-refractivity contribution in [3.05, 3.63) is 51.4 Å². The molecule has 1 aromatic carbocycles. The maximum Gasteiger partial charge on any atom is 0.278 e. The predicted molar refractivity (Wildman–Crippen MR) is 98.4 cm³/mol. The van der Waals surface area contributed by atoms with E-state index in [1.807, 2.05) is 18.2 Å². The van der Waals surface area contributed by atoms with Gasteiger partial charge in [-0.2, -0.15) is 0 Å². The minimum atomic E-state index is -0.305. The SMILES string of the molecule is CCNC1CCN(Cc2ccc(-c3ccccc3[N+](=O)[O-])s2)CC1. The zero-order chi connectivity index (χ0) is 16.9. The zero-order valence-corrected chi connectivity index (χ0v) is 14.7. The first-order valence-electron chi connectivity index (χ1n) is 8.45. The summed E-state index contributed by atoms with van der Waals surface area (Å²) < 4.78 is 0. The Hall–Kier alpha value is -1.76. The van der Waals surface area contributed by atoms with Gasteiger partial charge in [-0.25, -0.2) is 0 Å². The van der Waals surface area contributed by atoms with Crippen LogP contribution in [-0.4, -0.2) is 35.5 Å². The first-order valence-corrected chi connectivity index (χ1v) is 9.27. The van der Waals surface area contributed by atoms with Gasteiger partial charge in [-0.1, -0.05) is 19.1 Å². The summed E-state index contributed by atoms with van der Waals surface area (Å²) in [7, 11) is 0. The number of nitro benzene ring substituents is 1. The van der Waals surface area contributed by atoms with Crippen molar-refractivity contribution in [1.29, 1.82) is 0 Å². The predicted octanol–water partition coefficient (Wildman–Crippen LogP) is 3.90. The largest absolute Gasteiger partial charge is 0.314 e. The van der Waals surface area contributed by atoms with Crippen LogP contribution in [0.4, 0.5) is 5.69 Å². The maximum absolute atomic E-state index is 11.2. The van der Waals surface area contributed by atoms with Crippen LogP contribution in [0.3, 0.4) is 0 Å². The number of hydrogen-bond donors (Lipinski definition) is 1. The number of piperidine rings is 1. The molecule has 5 nitrogen and oxygen atoms in total. The molecule has 1 aliphatic heterocycles. The highest BCUT2D eigenvalue weighted by molar-refractivity contribution is 7.15. The van der Waals surface area contributed by atoms with Crippen molar-refractivity contribution in [3.63, 3.8) is 0 Å². The summed E-state index contributed by atoms with van der Waals surface area (Å²) in [6.07, 6.45) is 2.38. The molecular weight excluding hydrogens is 322 g/mol. The van der Waals surface area contributed by atoms with Gasteiger partial charge in [0, 0.05) is 28.4 Å². The average Bonchev–Trinajstić information content (AvgIpc) is 3.05. The molecule has 1 N–H and O–H groups in total. The number of rotatable bonds is 6. The molecule has 0 amide bonds. The lowest BCUT2D eigenvalue weighted by molar-refractivity contribution is -0.384. The highest BCUT2D eigenvalue weighted by Crippen LogP contribution is 2.35. The number of hydrogen-bond acceptors (Lipinski definition) is 5. The van der Waals surface area contributed by atoms with E-state index in [1.165, 1.54) is 17.7 Å². The van der Waals surface area contributed by atoms with Crippen LogP contribution in [0.1, 0.15) is 24.6 Å². The molecule has 0 aliphatic carbocycles. The molecule has 1 fully saturated rings. The number of benzene rings is 1. The molecule has 2 heterocycles. The van der Waals surface area contributed by atoms with E-state index in [4.69, 9.17) is 0 Å². The Morgan fingerprint density at radius 1 is 1.25 bits per heavy atom. The molecule has 1 aromatic heterocycles. The van der Waals surface area contributed by atoms with Gasteiger partial charge < -0.3 is 5.32 Å². The molecule has 24 heavy (non-hydrogen) atoms. The molecule has 1 saturated heterocycles. The van der Waals surface area contributed by atoms with E-state index in [1.54, 1.807) is 23.5 Å². The topological polar surface area (TPSA) is 58.4 Å². The van der Waals surface area contributed by atoms with E-state index in [0.29, 0.717) is 11.6 Å². The Bertz CT molecular complexity index is 693. The van der Waals surface area contributed by atoms with Crippen molar-refractivity contribution >= 4 is 17.0 Å². The van der Waals surface area contributed by atoms with Crippen molar-refractivity contribution in [2.75, 3.05) is 19.6 Å². The lowest BCUT2D eigenvalue weighted by Gasteiger charge is -2.31. The number of para-hydroxylation sites is 1. The maximum atomic E-state index is 11.2. The van der Waals surface area contributed by atoms with Gasteiger partial charge in [-0.05, 0) is 50.7 Å². The lowest BCUT2D eigenvalue weighted by atomic mass is 10.1. The van der Waals surface area contributed by atoms with Gasteiger partial charge in [0.25, 0.3) is 5.69 Å². The zero-order valence-electron chi connectivity index (χ0n) is 13.9. The van der Waals surface area contributed by atoms with E-state index in [2.05, 4.69) is 23.2 Å². The summed E-state index contributed by atoms with van der Waals surface area (Å²) in [4.78, 5) is 15.6. The fourth-order valence-corrected chi connectivity index (χ4v) is 4.34. The first kappa shape index (κ1) is 17.1. The number of nitro groups is 1. The molecule has 0 atom stereocenters. The average molecular weight is 345 g/mol. The molecule has 0 saturated carbocycles. The van der Waals surface area contributed by atoms with Crippen molar-refractivity contribution in [2.45, 2.75) is 32.4 Å². The van der Waals surface area contributed by atoms with Gasteiger partial charge in [-0.15, -0.1) is 11.3 Å². The van der Waals surface area contributed by atoms with E-state index < -0.39 is 0 Å². The minimum absolute atomic E-state index is 0.178. The molecule has 6 heteroatoms. The summed E-state index contributed by atoms with van der Waals surface area (Å²) in [6.45, 7) is 6.34. The molecule has 3 rings (SSSR count). The molecule has 0 bridgehead atoms. The Kier molecular flexibility index (Phi) is 5.60. The van der Waals surface area contributed by atoms with Crippen molar-refractivity contribution in [1.82, 2.24) is 10.2 Å². The van der Waals surface area contributed by atoms with Crippen LogP contribution in [0.25, 0.3) is 10.4 Å². The van der Waals surface area contributed by atoms with Crippen LogP contribution < -0.4 is 5.32 Å². The Morgan fingerprint density at radius 3 is 2.71 bits per heavy atom. The van der Waals surface area contributed by atoms with Gasteiger partial charge in [0.2, 0.25) is 0 Å². The third-order valence-corrected chi connectivity index (χ3v) is 5.59. The van der Waals surface area contributed by atoms with Gasteiger partial charge in [-0.3, -0.25) is 15.0 Å². The Labute approximate surface area is 146 Å². The Balaban J connectivity index is 1.66. The third kappa shape index (κ3) is 4.01. The fraction of sp³-hybridized carbons (Fsp3) is 0.444. The monoisotopic (exact) mass is 345 g/mol.